The van der Waals surface area contributed by atoms with Gasteiger partial charge in [-0.2, -0.15) is 5.10 Å². The molecule has 0 aliphatic carbocycles. The molecule has 0 spiro atoms. The molecule has 6 heteroatoms. The first-order valence-electron chi connectivity index (χ1n) is 5.51. The van der Waals surface area contributed by atoms with E-state index in [1.165, 1.54) is 7.11 Å². The highest BCUT2D eigenvalue weighted by Gasteiger charge is 2.12. The molecule has 0 amide bonds. The number of rotatable bonds is 4. The largest absolute Gasteiger partial charge is 0.467 e. The molecule has 0 bridgehead atoms. The predicted octanol–water partition coefficient (Wildman–Crippen LogP) is 1.24. The van der Waals surface area contributed by atoms with Gasteiger partial charge in [-0.25, -0.2) is 14.5 Å². The number of nitrogens with one attached hydrogen (secondary N) is 1. The smallest absolute Gasteiger partial charge is 0.327 e. The lowest BCUT2D eigenvalue weighted by Crippen LogP contribution is -2.27. The molecule has 18 heavy (non-hydrogen) atoms. The lowest BCUT2D eigenvalue weighted by atomic mass is 10.3. The van der Waals surface area contributed by atoms with Crippen molar-refractivity contribution in [3.8, 4) is 5.82 Å². The summed E-state index contributed by atoms with van der Waals surface area (Å²) in [7, 11) is 1.36. The molecule has 0 aliphatic heterocycles. The van der Waals surface area contributed by atoms with Gasteiger partial charge in [0.25, 0.3) is 0 Å². The first-order valence-corrected chi connectivity index (χ1v) is 5.51. The first-order chi connectivity index (χ1) is 8.70. The zero-order chi connectivity index (χ0) is 13.0. The average Bonchev–Trinajstić information content (AvgIpc) is 2.92. The molecule has 0 saturated heterocycles. The van der Waals surface area contributed by atoms with E-state index in [1.54, 1.807) is 24.0 Å². The SMILES string of the molecule is COC(=O)C(C)Nc1ccc(-n2cccn2)nc1. The summed E-state index contributed by atoms with van der Waals surface area (Å²) in [6.45, 7) is 1.73. The molecule has 1 unspecified atom stereocenters. The van der Waals surface area contributed by atoms with E-state index < -0.39 is 6.04 Å². The summed E-state index contributed by atoms with van der Waals surface area (Å²) in [5, 5.41) is 7.08. The van der Waals surface area contributed by atoms with Crippen molar-refractivity contribution in [2.45, 2.75) is 13.0 Å². The van der Waals surface area contributed by atoms with Crippen LogP contribution in [0, 0.1) is 0 Å². The maximum atomic E-state index is 11.3. The highest BCUT2D eigenvalue weighted by atomic mass is 16.5. The summed E-state index contributed by atoms with van der Waals surface area (Å²) in [4.78, 5) is 15.5. The molecule has 0 saturated carbocycles. The van der Waals surface area contributed by atoms with Gasteiger partial charge in [-0.15, -0.1) is 0 Å². The minimum atomic E-state index is -0.410. The van der Waals surface area contributed by atoms with Crippen molar-refractivity contribution in [2.75, 3.05) is 12.4 Å². The Morgan fingerprint density at radius 3 is 2.89 bits per heavy atom. The number of pyridine rings is 1. The number of esters is 1. The number of carbonyl (C=O) groups is 1. The number of anilines is 1. The summed E-state index contributed by atoms with van der Waals surface area (Å²) >= 11 is 0. The summed E-state index contributed by atoms with van der Waals surface area (Å²) in [6.07, 6.45) is 5.15. The second-order valence-electron chi connectivity index (χ2n) is 3.74. The van der Waals surface area contributed by atoms with Crippen molar-refractivity contribution in [2.24, 2.45) is 0 Å². The van der Waals surface area contributed by atoms with Crippen LogP contribution in [-0.2, 0) is 9.53 Å². The molecule has 94 valence electrons. The van der Waals surface area contributed by atoms with Gasteiger partial charge < -0.3 is 10.1 Å². The van der Waals surface area contributed by atoms with Gasteiger partial charge in [-0.05, 0) is 25.1 Å². The van der Waals surface area contributed by atoms with Crippen molar-refractivity contribution in [3.05, 3.63) is 36.8 Å². The maximum Gasteiger partial charge on any atom is 0.327 e. The van der Waals surface area contributed by atoms with Crippen LogP contribution in [0.3, 0.4) is 0 Å². The van der Waals surface area contributed by atoms with E-state index in [1.807, 2.05) is 24.4 Å². The van der Waals surface area contributed by atoms with Crippen molar-refractivity contribution in [1.29, 1.82) is 0 Å². The van der Waals surface area contributed by atoms with E-state index in [2.05, 4.69) is 20.1 Å². The Balaban J connectivity index is 2.06. The van der Waals surface area contributed by atoms with Crippen LogP contribution in [0.4, 0.5) is 5.69 Å². The highest BCUT2D eigenvalue weighted by molar-refractivity contribution is 5.78. The van der Waals surface area contributed by atoms with Crippen LogP contribution in [0.25, 0.3) is 5.82 Å². The third kappa shape index (κ3) is 2.65. The molecular weight excluding hydrogens is 232 g/mol. The van der Waals surface area contributed by atoms with E-state index in [-0.39, 0.29) is 5.97 Å². The molecule has 6 nitrogen and oxygen atoms in total. The molecule has 1 N–H and O–H groups in total. The van der Waals surface area contributed by atoms with E-state index in [4.69, 9.17) is 0 Å². The Bertz CT molecular complexity index is 507. The summed E-state index contributed by atoms with van der Waals surface area (Å²) in [5.41, 5.74) is 0.754. The molecule has 0 radical (unpaired) electrons. The monoisotopic (exact) mass is 246 g/mol. The van der Waals surface area contributed by atoms with Gasteiger partial charge >= 0.3 is 5.97 Å². The first kappa shape index (κ1) is 12.1. The third-order valence-corrected chi connectivity index (χ3v) is 2.42. The highest BCUT2D eigenvalue weighted by Crippen LogP contribution is 2.10. The summed E-state index contributed by atoms with van der Waals surface area (Å²) in [6, 6.07) is 5.07. The fraction of sp³-hybridized carbons (Fsp3) is 0.250. The van der Waals surface area contributed by atoms with Crippen molar-refractivity contribution >= 4 is 11.7 Å². The number of nitrogens with zero attached hydrogens (tertiary/aromatic N) is 3. The van der Waals surface area contributed by atoms with Crippen LogP contribution in [0.5, 0.6) is 0 Å². The molecule has 1 atom stereocenters. The van der Waals surface area contributed by atoms with Gasteiger partial charge in [0.1, 0.15) is 6.04 Å². The maximum absolute atomic E-state index is 11.3. The van der Waals surface area contributed by atoms with Gasteiger partial charge in [-0.3, -0.25) is 0 Å². The van der Waals surface area contributed by atoms with Gasteiger partial charge in [0, 0.05) is 12.4 Å². The second kappa shape index (κ2) is 5.31. The molecule has 2 rings (SSSR count). The van der Waals surface area contributed by atoms with Crippen LogP contribution >= 0.6 is 0 Å². The fourth-order valence-electron chi connectivity index (χ4n) is 1.50. The Labute approximate surface area is 105 Å². The molecule has 2 aromatic heterocycles. The topological polar surface area (TPSA) is 69.0 Å². The molecule has 2 aromatic rings. The standard InChI is InChI=1S/C12H14N4O2/c1-9(12(17)18-2)15-10-4-5-11(13-8-10)16-7-3-6-14-16/h3-9,15H,1-2H3. The minimum Gasteiger partial charge on any atom is -0.467 e. The molecule has 0 aromatic carbocycles. The van der Waals surface area contributed by atoms with E-state index >= 15 is 0 Å². The fourth-order valence-corrected chi connectivity index (χ4v) is 1.50. The summed E-state index contributed by atoms with van der Waals surface area (Å²) in [5.74, 6) is 0.405. The van der Waals surface area contributed by atoms with E-state index in [0.29, 0.717) is 0 Å². The van der Waals surface area contributed by atoms with Crippen LogP contribution < -0.4 is 5.32 Å². The lowest BCUT2D eigenvalue weighted by Gasteiger charge is -2.12. The van der Waals surface area contributed by atoms with Crippen molar-refractivity contribution < 1.29 is 9.53 Å². The zero-order valence-corrected chi connectivity index (χ0v) is 10.2. The lowest BCUT2D eigenvalue weighted by molar-refractivity contribution is -0.141. The Morgan fingerprint density at radius 1 is 1.50 bits per heavy atom. The predicted molar refractivity (Wildman–Crippen MR) is 66.5 cm³/mol. The van der Waals surface area contributed by atoms with Crippen LogP contribution in [0.2, 0.25) is 0 Å². The Morgan fingerprint density at radius 2 is 2.33 bits per heavy atom. The normalized spacial score (nSPS) is 11.9. The van der Waals surface area contributed by atoms with Crippen molar-refractivity contribution in [1.82, 2.24) is 14.8 Å². The molecule has 2 heterocycles. The van der Waals surface area contributed by atoms with Gasteiger partial charge in [0.15, 0.2) is 5.82 Å². The van der Waals surface area contributed by atoms with Crippen molar-refractivity contribution in [3.63, 3.8) is 0 Å². The molecular formula is C12H14N4O2. The van der Waals surface area contributed by atoms with E-state index in [0.717, 1.165) is 11.5 Å². The number of hydrogen-bond donors (Lipinski definition) is 1. The molecule has 0 aliphatic rings. The van der Waals surface area contributed by atoms with Crippen LogP contribution in [-0.4, -0.2) is 33.9 Å². The van der Waals surface area contributed by atoms with Crippen LogP contribution in [0.1, 0.15) is 6.92 Å². The van der Waals surface area contributed by atoms with Gasteiger partial charge in [0.2, 0.25) is 0 Å². The number of hydrogen-bond acceptors (Lipinski definition) is 5. The third-order valence-electron chi connectivity index (χ3n) is 2.42. The van der Waals surface area contributed by atoms with E-state index in [9.17, 15) is 4.79 Å². The number of methoxy groups -OCH3 is 1. The minimum absolute atomic E-state index is 0.314. The second-order valence-corrected chi connectivity index (χ2v) is 3.74. The number of carbonyl (C=O) groups excluding carboxylic acids is 1. The summed E-state index contributed by atoms with van der Waals surface area (Å²) < 4.78 is 6.29. The van der Waals surface area contributed by atoms with Gasteiger partial charge in [0.05, 0.1) is 19.0 Å². The van der Waals surface area contributed by atoms with Gasteiger partial charge in [-0.1, -0.05) is 0 Å². The van der Waals surface area contributed by atoms with Crippen LogP contribution in [0.15, 0.2) is 36.8 Å². The number of ether oxygens (including phenoxy) is 1. The molecule has 0 fully saturated rings. The Hall–Kier alpha value is -2.37. The Kier molecular flexibility index (Phi) is 3.57. The average molecular weight is 246 g/mol. The number of aromatic nitrogens is 3. The zero-order valence-electron chi connectivity index (χ0n) is 10.2. The quantitative estimate of drug-likeness (QED) is 0.822.